The molecule has 1 rings (SSSR count). The minimum Gasteiger partial charge on any atom is -0.480 e. The van der Waals surface area contributed by atoms with Crippen LogP contribution >= 0.6 is 0 Å². The Morgan fingerprint density at radius 3 is 2.62 bits per heavy atom. The third-order valence-electron chi connectivity index (χ3n) is 3.19. The summed E-state index contributed by atoms with van der Waals surface area (Å²) in [5.41, 5.74) is 3.34. The quantitative estimate of drug-likeness (QED) is 0.744. The van der Waals surface area contributed by atoms with Gasteiger partial charge in [0.15, 0.2) is 0 Å². The summed E-state index contributed by atoms with van der Waals surface area (Å²) >= 11 is 0. The molecule has 0 saturated heterocycles. The van der Waals surface area contributed by atoms with Gasteiger partial charge in [0.1, 0.15) is 0 Å². The van der Waals surface area contributed by atoms with E-state index in [1.807, 2.05) is 26.0 Å². The lowest BCUT2D eigenvalue weighted by Gasteiger charge is -2.21. The van der Waals surface area contributed by atoms with Crippen LogP contribution < -0.4 is 0 Å². The van der Waals surface area contributed by atoms with Gasteiger partial charge < -0.3 is 9.84 Å². The van der Waals surface area contributed by atoms with Crippen molar-refractivity contribution in [3.8, 4) is 0 Å². The van der Waals surface area contributed by atoms with Gasteiger partial charge in [-0.05, 0) is 31.9 Å². The molecule has 0 bridgehead atoms. The number of hydrogen-bond acceptors (Lipinski definition) is 4. The fourth-order valence-electron chi connectivity index (χ4n) is 2.10. The van der Waals surface area contributed by atoms with Gasteiger partial charge in [-0.1, -0.05) is 23.8 Å². The van der Waals surface area contributed by atoms with E-state index in [0.717, 1.165) is 16.7 Å². The molecule has 1 aromatic carbocycles. The first-order valence-electron chi connectivity index (χ1n) is 7.08. The number of carbonyl (C=O) groups excluding carboxylic acids is 1. The number of aryl methyl sites for hydroxylation is 2. The number of aliphatic carboxylic acids is 1. The fourth-order valence-corrected chi connectivity index (χ4v) is 2.10. The SMILES string of the molecule is CCOC(=O)CCN(CC(=O)O)Cc1cc(C)ccc1C. The standard InChI is InChI=1S/C16H23NO4/c1-4-21-16(20)7-8-17(11-15(18)19)10-14-9-12(2)5-6-13(14)3/h5-6,9H,4,7-8,10-11H2,1-3H3,(H,18,19). The topological polar surface area (TPSA) is 66.8 Å². The number of carboxylic acids is 1. The first-order chi connectivity index (χ1) is 9.92. The van der Waals surface area contributed by atoms with Crippen molar-refractivity contribution in [2.45, 2.75) is 33.7 Å². The van der Waals surface area contributed by atoms with Gasteiger partial charge >= 0.3 is 11.9 Å². The van der Waals surface area contributed by atoms with Crippen molar-refractivity contribution in [1.29, 1.82) is 0 Å². The average Bonchev–Trinajstić information content (AvgIpc) is 2.40. The number of esters is 1. The molecule has 0 aliphatic carbocycles. The van der Waals surface area contributed by atoms with Gasteiger partial charge in [-0.25, -0.2) is 0 Å². The predicted octanol–water partition coefficient (Wildman–Crippen LogP) is 2.14. The van der Waals surface area contributed by atoms with E-state index in [9.17, 15) is 9.59 Å². The molecule has 5 nitrogen and oxygen atoms in total. The summed E-state index contributed by atoms with van der Waals surface area (Å²) in [6.07, 6.45) is 0.200. The van der Waals surface area contributed by atoms with Gasteiger partial charge in [-0.2, -0.15) is 0 Å². The number of rotatable bonds is 8. The summed E-state index contributed by atoms with van der Waals surface area (Å²) < 4.78 is 4.88. The number of nitrogens with zero attached hydrogens (tertiary/aromatic N) is 1. The van der Waals surface area contributed by atoms with Crippen LogP contribution in [0.15, 0.2) is 18.2 Å². The Morgan fingerprint density at radius 1 is 1.29 bits per heavy atom. The van der Waals surface area contributed by atoms with E-state index >= 15 is 0 Å². The zero-order valence-corrected chi connectivity index (χ0v) is 12.9. The molecule has 0 heterocycles. The summed E-state index contributed by atoms with van der Waals surface area (Å²) in [7, 11) is 0. The molecule has 0 aliphatic rings. The summed E-state index contributed by atoms with van der Waals surface area (Å²) in [5, 5.41) is 9.00. The molecule has 0 aromatic heterocycles. The van der Waals surface area contributed by atoms with Gasteiger partial charge in [0.2, 0.25) is 0 Å². The first-order valence-corrected chi connectivity index (χ1v) is 7.08. The van der Waals surface area contributed by atoms with Gasteiger partial charge in [-0.3, -0.25) is 14.5 Å². The molecular formula is C16H23NO4. The second-order valence-electron chi connectivity index (χ2n) is 5.09. The Bertz CT molecular complexity index is 499. The van der Waals surface area contributed by atoms with Gasteiger partial charge in [0, 0.05) is 13.1 Å². The molecular weight excluding hydrogens is 270 g/mol. The maximum atomic E-state index is 11.4. The van der Waals surface area contributed by atoms with Crippen LogP contribution in [0.25, 0.3) is 0 Å². The van der Waals surface area contributed by atoms with Crippen molar-refractivity contribution in [2.75, 3.05) is 19.7 Å². The molecule has 0 aliphatic heterocycles. The zero-order chi connectivity index (χ0) is 15.8. The lowest BCUT2D eigenvalue weighted by atomic mass is 10.1. The lowest BCUT2D eigenvalue weighted by molar-refractivity contribution is -0.145. The third-order valence-corrected chi connectivity index (χ3v) is 3.19. The Labute approximate surface area is 125 Å². The van der Waals surface area contributed by atoms with E-state index in [2.05, 4.69) is 6.07 Å². The molecule has 116 valence electrons. The summed E-state index contributed by atoms with van der Waals surface area (Å²) in [6, 6.07) is 6.10. The number of hydrogen-bond donors (Lipinski definition) is 1. The van der Waals surface area contributed by atoms with Crippen molar-refractivity contribution >= 4 is 11.9 Å². The van der Waals surface area contributed by atoms with Crippen LogP contribution in [0, 0.1) is 13.8 Å². The second-order valence-corrected chi connectivity index (χ2v) is 5.09. The van der Waals surface area contributed by atoms with Crippen LogP contribution in [0.1, 0.15) is 30.0 Å². The molecule has 0 radical (unpaired) electrons. The van der Waals surface area contributed by atoms with Crippen molar-refractivity contribution in [3.63, 3.8) is 0 Å². The van der Waals surface area contributed by atoms with Crippen LogP contribution in [0.3, 0.4) is 0 Å². The van der Waals surface area contributed by atoms with Crippen molar-refractivity contribution in [2.24, 2.45) is 0 Å². The molecule has 0 spiro atoms. The monoisotopic (exact) mass is 293 g/mol. The molecule has 0 amide bonds. The van der Waals surface area contributed by atoms with E-state index < -0.39 is 5.97 Å². The molecule has 0 unspecified atom stereocenters. The lowest BCUT2D eigenvalue weighted by Crippen LogP contribution is -2.32. The normalized spacial score (nSPS) is 10.7. The van der Waals surface area contributed by atoms with Crippen molar-refractivity contribution in [3.05, 3.63) is 34.9 Å². The Morgan fingerprint density at radius 2 is 2.00 bits per heavy atom. The Kier molecular flexibility index (Phi) is 6.88. The highest BCUT2D eigenvalue weighted by Crippen LogP contribution is 2.13. The van der Waals surface area contributed by atoms with Gasteiger partial charge in [0.05, 0.1) is 19.6 Å². The van der Waals surface area contributed by atoms with E-state index in [0.29, 0.717) is 19.7 Å². The minimum absolute atomic E-state index is 0.0905. The number of carboxylic acid groups (broad SMARTS) is 1. The maximum absolute atomic E-state index is 11.4. The number of carbonyl (C=O) groups is 2. The van der Waals surface area contributed by atoms with E-state index in [-0.39, 0.29) is 18.9 Å². The number of ether oxygens (including phenoxy) is 1. The van der Waals surface area contributed by atoms with E-state index in [1.165, 1.54) is 0 Å². The maximum Gasteiger partial charge on any atom is 0.317 e. The fraction of sp³-hybridized carbons (Fsp3) is 0.500. The van der Waals surface area contributed by atoms with E-state index in [1.54, 1.807) is 11.8 Å². The van der Waals surface area contributed by atoms with Gasteiger partial charge in [-0.15, -0.1) is 0 Å². The zero-order valence-electron chi connectivity index (χ0n) is 12.9. The largest absolute Gasteiger partial charge is 0.480 e. The Hall–Kier alpha value is -1.88. The molecule has 0 saturated carbocycles. The first kappa shape index (κ1) is 17.2. The van der Waals surface area contributed by atoms with Crippen LogP contribution in [0.2, 0.25) is 0 Å². The Balaban J connectivity index is 2.71. The van der Waals surface area contributed by atoms with Crippen LogP contribution in [-0.4, -0.2) is 41.6 Å². The number of benzene rings is 1. The highest BCUT2D eigenvalue weighted by Gasteiger charge is 2.14. The summed E-state index contributed by atoms with van der Waals surface area (Å²) in [5.74, 6) is -1.20. The minimum atomic E-state index is -0.899. The summed E-state index contributed by atoms with van der Waals surface area (Å²) in [4.78, 5) is 24.1. The second kappa shape index (κ2) is 8.42. The van der Waals surface area contributed by atoms with Crippen LogP contribution in [0.4, 0.5) is 0 Å². The highest BCUT2D eigenvalue weighted by molar-refractivity contribution is 5.70. The third kappa shape index (κ3) is 6.40. The molecule has 1 aromatic rings. The van der Waals surface area contributed by atoms with Crippen LogP contribution in [-0.2, 0) is 20.9 Å². The van der Waals surface area contributed by atoms with Crippen LogP contribution in [0.5, 0.6) is 0 Å². The molecule has 5 heteroatoms. The van der Waals surface area contributed by atoms with Crippen molar-refractivity contribution < 1.29 is 19.4 Å². The molecule has 0 atom stereocenters. The van der Waals surface area contributed by atoms with Gasteiger partial charge in [0.25, 0.3) is 0 Å². The highest BCUT2D eigenvalue weighted by atomic mass is 16.5. The average molecular weight is 293 g/mol. The predicted molar refractivity (Wildman–Crippen MR) is 80.1 cm³/mol. The van der Waals surface area contributed by atoms with Crippen molar-refractivity contribution in [1.82, 2.24) is 4.90 Å². The molecule has 21 heavy (non-hydrogen) atoms. The molecule has 1 N–H and O–H groups in total. The molecule has 0 fully saturated rings. The summed E-state index contributed by atoms with van der Waals surface area (Å²) in [6.45, 7) is 6.89. The smallest absolute Gasteiger partial charge is 0.317 e. The van der Waals surface area contributed by atoms with E-state index in [4.69, 9.17) is 9.84 Å².